The second-order valence-corrected chi connectivity index (χ2v) is 6.20. The van der Waals surface area contributed by atoms with E-state index in [4.69, 9.17) is 0 Å². The maximum Gasteiger partial charge on any atom is 0.258 e. The summed E-state index contributed by atoms with van der Waals surface area (Å²) < 4.78 is 1.08. The number of anilines is 1. The van der Waals surface area contributed by atoms with E-state index in [2.05, 4.69) is 22.6 Å². The first-order valence-corrected chi connectivity index (χ1v) is 7.74. The second-order valence-electron chi connectivity index (χ2n) is 5.04. The fourth-order valence-electron chi connectivity index (χ4n) is 2.21. The van der Waals surface area contributed by atoms with Crippen LogP contribution in [0.4, 0.5) is 5.69 Å². The Bertz CT molecular complexity index is 622. The van der Waals surface area contributed by atoms with Crippen LogP contribution >= 0.6 is 22.6 Å². The van der Waals surface area contributed by atoms with Gasteiger partial charge in [-0.05, 0) is 67.1 Å². The number of halogens is 1. The van der Waals surface area contributed by atoms with Gasteiger partial charge >= 0.3 is 0 Å². The molecule has 1 amide bonds. The van der Waals surface area contributed by atoms with Crippen molar-refractivity contribution in [2.75, 3.05) is 4.90 Å². The predicted octanol–water partition coefficient (Wildman–Crippen LogP) is 4.65. The first kappa shape index (κ1) is 15.0. The predicted molar refractivity (Wildman–Crippen MR) is 92.3 cm³/mol. The molecule has 2 rings (SSSR count). The van der Waals surface area contributed by atoms with Gasteiger partial charge < -0.3 is 4.90 Å². The molecule has 3 heteroatoms. The fraction of sp³-hybridized carbons (Fsp3) is 0.235. The summed E-state index contributed by atoms with van der Waals surface area (Å²) in [6.07, 6.45) is 0. The van der Waals surface area contributed by atoms with Crippen LogP contribution in [0.5, 0.6) is 0 Å². The molecular formula is C17H18INO. The molecule has 20 heavy (non-hydrogen) atoms. The Morgan fingerprint density at radius 2 is 1.65 bits per heavy atom. The van der Waals surface area contributed by atoms with Crippen LogP contribution in [0.2, 0.25) is 0 Å². The summed E-state index contributed by atoms with van der Waals surface area (Å²) in [6, 6.07) is 15.8. The lowest BCUT2D eigenvalue weighted by molar-refractivity contribution is 0.0979. The van der Waals surface area contributed by atoms with Crippen molar-refractivity contribution in [1.29, 1.82) is 0 Å². The normalized spacial score (nSPS) is 10.7. The van der Waals surface area contributed by atoms with Crippen LogP contribution in [0, 0.1) is 10.5 Å². The van der Waals surface area contributed by atoms with Crippen molar-refractivity contribution in [3.63, 3.8) is 0 Å². The topological polar surface area (TPSA) is 20.3 Å². The summed E-state index contributed by atoms with van der Waals surface area (Å²) in [6.45, 7) is 6.06. The summed E-state index contributed by atoms with van der Waals surface area (Å²) in [5, 5.41) is 0. The third-order valence-electron chi connectivity index (χ3n) is 3.22. The average Bonchev–Trinajstić information content (AvgIpc) is 2.41. The average molecular weight is 379 g/mol. The van der Waals surface area contributed by atoms with Crippen LogP contribution in [0.15, 0.2) is 48.5 Å². The van der Waals surface area contributed by atoms with E-state index in [0.29, 0.717) is 0 Å². The summed E-state index contributed by atoms with van der Waals surface area (Å²) in [4.78, 5) is 14.7. The van der Waals surface area contributed by atoms with Gasteiger partial charge in [-0.25, -0.2) is 0 Å². The quantitative estimate of drug-likeness (QED) is 0.711. The van der Waals surface area contributed by atoms with Gasteiger partial charge in [-0.3, -0.25) is 4.79 Å². The van der Waals surface area contributed by atoms with Gasteiger partial charge in [-0.15, -0.1) is 0 Å². The molecule has 0 saturated carbocycles. The number of carbonyl (C=O) groups is 1. The molecule has 0 radical (unpaired) electrons. The first-order valence-electron chi connectivity index (χ1n) is 6.66. The van der Waals surface area contributed by atoms with Gasteiger partial charge in [0.05, 0.1) is 5.69 Å². The van der Waals surface area contributed by atoms with Crippen LogP contribution in [0.25, 0.3) is 0 Å². The summed E-state index contributed by atoms with van der Waals surface area (Å²) in [5.74, 6) is 0.0576. The third kappa shape index (κ3) is 3.03. The van der Waals surface area contributed by atoms with Crippen LogP contribution < -0.4 is 4.90 Å². The Hall–Kier alpha value is -1.36. The lowest BCUT2D eigenvalue weighted by atomic mass is 10.1. The van der Waals surface area contributed by atoms with Crippen LogP contribution in [0.1, 0.15) is 29.8 Å². The Labute approximate surface area is 133 Å². The zero-order chi connectivity index (χ0) is 14.7. The highest BCUT2D eigenvalue weighted by Gasteiger charge is 2.23. The molecule has 0 atom stereocenters. The van der Waals surface area contributed by atoms with Crippen molar-refractivity contribution in [2.24, 2.45) is 0 Å². The third-order valence-corrected chi connectivity index (χ3v) is 4.13. The minimum absolute atomic E-state index is 0.0576. The molecule has 0 aliphatic heterocycles. The van der Waals surface area contributed by atoms with Gasteiger partial charge in [0.1, 0.15) is 0 Å². The van der Waals surface area contributed by atoms with Gasteiger partial charge in [0.15, 0.2) is 0 Å². The Morgan fingerprint density at radius 3 is 2.25 bits per heavy atom. The van der Waals surface area contributed by atoms with Gasteiger partial charge in [0, 0.05) is 15.2 Å². The maximum absolute atomic E-state index is 12.9. The molecule has 0 aliphatic rings. The highest BCUT2D eigenvalue weighted by atomic mass is 127. The SMILES string of the molecule is Cc1ccccc1C(=O)N(c1ccccc1I)C(C)C. The lowest BCUT2D eigenvalue weighted by Crippen LogP contribution is -2.37. The van der Waals surface area contributed by atoms with Crippen molar-refractivity contribution in [2.45, 2.75) is 26.8 Å². The van der Waals surface area contributed by atoms with Crippen molar-refractivity contribution >= 4 is 34.2 Å². The molecule has 0 heterocycles. The summed E-state index contributed by atoms with van der Waals surface area (Å²) >= 11 is 2.28. The Kier molecular flexibility index (Phi) is 4.81. The molecule has 0 saturated heterocycles. The fourth-order valence-corrected chi connectivity index (χ4v) is 2.86. The molecule has 0 spiro atoms. The molecule has 0 fully saturated rings. The zero-order valence-electron chi connectivity index (χ0n) is 11.9. The van der Waals surface area contributed by atoms with Crippen molar-refractivity contribution in [1.82, 2.24) is 0 Å². The lowest BCUT2D eigenvalue weighted by Gasteiger charge is -2.28. The second kappa shape index (κ2) is 6.39. The molecule has 2 aromatic rings. The highest BCUT2D eigenvalue weighted by molar-refractivity contribution is 14.1. The van der Waals surface area contributed by atoms with Crippen LogP contribution in [0.3, 0.4) is 0 Å². The van der Waals surface area contributed by atoms with Gasteiger partial charge in [-0.1, -0.05) is 30.3 Å². The monoisotopic (exact) mass is 379 g/mol. The zero-order valence-corrected chi connectivity index (χ0v) is 14.1. The largest absolute Gasteiger partial charge is 0.305 e. The molecule has 0 aliphatic carbocycles. The van der Waals surface area contributed by atoms with E-state index < -0.39 is 0 Å². The summed E-state index contributed by atoms with van der Waals surface area (Å²) in [7, 11) is 0. The minimum atomic E-state index is 0.0576. The Balaban J connectivity index is 2.48. The number of carbonyl (C=O) groups excluding carboxylic acids is 1. The number of amides is 1. The van der Waals surface area contributed by atoms with E-state index >= 15 is 0 Å². The highest BCUT2D eigenvalue weighted by Crippen LogP contribution is 2.26. The van der Waals surface area contributed by atoms with Gasteiger partial charge in [0.25, 0.3) is 5.91 Å². The number of hydrogen-bond donors (Lipinski definition) is 0. The Morgan fingerprint density at radius 1 is 1.05 bits per heavy atom. The first-order chi connectivity index (χ1) is 9.52. The van der Waals surface area contributed by atoms with Crippen molar-refractivity contribution in [3.8, 4) is 0 Å². The van der Waals surface area contributed by atoms with E-state index in [9.17, 15) is 4.79 Å². The molecule has 2 aromatic carbocycles. The van der Waals surface area contributed by atoms with E-state index in [0.717, 1.165) is 20.4 Å². The van der Waals surface area contributed by atoms with E-state index in [-0.39, 0.29) is 11.9 Å². The van der Waals surface area contributed by atoms with E-state index in [1.54, 1.807) is 0 Å². The number of hydrogen-bond acceptors (Lipinski definition) is 1. The number of aryl methyl sites for hydroxylation is 1. The van der Waals surface area contributed by atoms with Crippen LogP contribution in [-0.2, 0) is 0 Å². The molecule has 0 aromatic heterocycles. The molecule has 0 N–H and O–H groups in total. The molecular weight excluding hydrogens is 361 g/mol. The number of nitrogens with zero attached hydrogens (tertiary/aromatic N) is 1. The van der Waals surface area contributed by atoms with Crippen molar-refractivity contribution in [3.05, 3.63) is 63.2 Å². The number of rotatable bonds is 3. The smallest absolute Gasteiger partial charge is 0.258 e. The molecule has 0 unspecified atom stereocenters. The minimum Gasteiger partial charge on any atom is -0.305 e. The van der Waals surface area contributed by atoms with Gasteiger partial charge in [-0.2, -0.15) is 0 Å². The maximum atomic E-state index is 12.9. The van der Waals surface area contributed by atoms with E-state index in [1.807, 2.05) is 74.2 Å². The van der Waals surface area contributed by atoms with Gasteiger partial charge in [0.2, 0.25) is 0 Å². The van der Waals surface area contributed by atoms with Crippen molar-refractivity contribution < 1.29 is 4.79 Å². The molecule has 104 valence electrons. The van der Waals surface area contributed by atoms with E-state index in [1.165, 1.54) is 0 Å². The molecule has 0 bridgehead atoms. The standard InChI is InChI=1S/C17H18INO/c1-12(2)19(16-11-7-6-10-15(16)18)17(20)14-9-5-4-8-13(14)3/h4-12H,1-3H3. The summed E-state index contributed by atoms with van der Waals surface area (Å²) in [5.41, 5.74) is 2.74. The molecule has 2 nitrogen and oxygen atoms in total. The number of benzene rings is 2. The van der Waals surface area contributed by atoms with Crippen LogP contribution in [-0.4, -0.2) is 11.9 Å². The number of para-hydroxylation sites is 1.